The Bertz CT molecular complexity index is 1290. The number of amides is 1. The number of allylic oxidation sites excluding steroid dienone is 1. The summed E-state index contributed by atoms with van der Waals surface area (Å²) >= 11 is 0. The molecule has 3 atom stereocenters. The fraction of sp³-hybridized carbons (Fsp3) is 0.545. The van der Waals surface area contributed by atoms with Crippen LogP contribution in [0, 0.1) is 5.92 Å². The van der Waals surface area contributed by atoms with Crippen molar-refractivity contribution in [3.8, 4) is 0 Å². The summed E-state index contributed by atoms with van der Waals surface area (Å²) < 4.78 is 0. The maximum Gasteiger partial charge on any atom is 0.337 e. The van der Waals surface area contributed by atoms with Crippen LogP contribution in [-0.2, 0) is 30.4 Å². The van der Waals surface area contributed by atoms with Gasteiger partial charge in [-0.2, -0.15) is 0 Å². The van der Waals surface area contributed by atoms with E-state index in [0.717, 1.165) is 61.9 Å². The number of nitrogens with one attached hydrogen (secondary N) is 2. The zero-order chi connectivity index (χ0) is 32.5. The number of benzene rings is 1. The quantitative estimate of drug-likeness (QED) is 0.0736. The average molecular weight is 615 g/mol. The standard InChI is InChI=1S/C33H46N2O9/c1-2-3-4-7-10-15-24(36)16-11-8-5-6-9-12-18-26(33(44,32(42)43)21-29(37)38)30(39)35-28(31(40)41)20-23-22-34-27-19-14-13-17-25(23)27/h12-14,17-19,22,26,28,34,44H,2-11,15-16,20-21H2,1H3,(H,35,39)(H,37,38)(H,40,41)(H,42,43)/b18-12+. The molecule has 1 amide bonds. The summed E-state index contributed by atoms with van der Waals surface area (Å²) in [5.41, 5.74) is -1.63. The Morgan fingerprint density at radius 2 is 1.55 bits per heavy atom. The van der Waals surface area contributed by atoms with Gasteiger partial charge < -0.3 is 30.7 Å². The number of carboxylic acids is 3. The van der Waals surface area contributed by atoms with Crippen LogP contribution in [0.3, 0.4) is 0 Å². The molecule has 2 rings (SSSR count). The number of para-hydroxylation sites is 1. The first kappa shape index (κ1) is 36.2. The number of carbonyl (C=O) groups excluding carboxylic acids is 2. The SMILES string of the molecule is CCCCCCCC(=O)CCCCCC/C=C/C(C(=O)NC(Cc1c[nH]c2ccccc12)C(=O)O)C(O)(CC(=O)O)C(=O)O. The monoisotopic (exact) mass is 614 g/mol. The molecule has 1 aromatic carbocycles. The van der Waals surface area contributed by atoms with Crippen LogP contribution in [0.5, 0.6) is 0 Å². The van der Waals surface area contributed by atoms with Crippen LogP contribution in [-0.4, -0.2) is 66.7 Å². The molecule has 11 heteroatoms. The lowest BCUT2D eigenvalue weighted by atomic mass is 9.82. The third-order valence-corrected chi connectivity index (χ3v) is 7.77. The molecule has 0 saturated carbocycles. The van der Waals surface area contributed by atoms with Crippen LogP contribution in [0.25, 0.3) is 10.9 Å². The number of ketones is 1. The fourth-order valence-corrected chi connectivity index (χ4v) is 5.22. The Balaban J connectivity index is 2.00. The van der Waals surface area contributed by atoms with Crippen molar-refractivity contribution in [3.63, 3.8) is 0 Å². The summed E-state index contributed by atoms with van der Waals surface area (Å²) in [6.07, 6.45) is 13.0. The Kier molecular flexibility index (Phi) is 15.3. The maximum atomic E-state index is 13.3. The molecule has 2 aromatic rings. The number of aromatic amines is 1. The largest absolute Gasteiger partial charge is 0.481 e. The topological polar surface area (TPSA) is 194 Å². The lowest BCUT2D eigenvalue weighted by Gasteiger charge is -2.29. The number of fused-ring (bicyclic) bond motifs is 1. The van der Waals surface area contributed by atoms with Crippen molar-refractivity contribution in [2.75, 3.05) is 0 Å². The number of carboxylic acid groups (broad SMARTS) is 3. The van der Waals surface area contributed by atoms with E-state index in [1.54, 1.807) is 18.3 Å². The van der Waals surface area contributed by atoms with E-state index in [1.807, 2.05) is 12.1 Å². The van der Waals surface area contributed by atoms with Crippen molar-refractivity contribution in [2.45, 2.75) is 108 Å². The van der Waals surface area contributed by atoms with Crippen molar-refractivity contribution in [1.82, 2.24) is 10.3 Å². The predicted octanol–water partition coefficient (Wildman–Crippen LogP) is 5.01. The Morgan fingerprint density at radius 1 is 0.909 bits per heavy atom. The second kappa shape index (κ2) is 18.6. The van der Waals surface area contributed by atoms with Gasteiger partial charge in [-0.1, -0.05) is 75.8 Å². The van der Waals surface area contributed by atoms with Crippen molar-refractivity contribution in [3.05, 3.63) is 48.2 Å². The number of unbranched alkanes of at least 4 members (excludes halogenated alkanes) is 8. The summed E-state index contributed by atoms with van der Waals surface area (Å²) in [4.78, 5) is 63.9. The third-order valence-electron chi connectivity index (χ3n) is 7.77. The van der Waals surface area contributed by atoms with Gasteiger partial charge in [0.1, 0.15) is 11.8 Å². The van der Waals surface area contributed by atoms with E-state index >= 15 is 0 Å². The van der Waals surface area contributed by atoms with Gasteiger partial charge >= 0.3 is 17.9 Å². The Labute approximate surface area is 257 Å². The number of aliphatic carboxylic acids is 3. The van der Waals surface area contributed by atoms with E-state index in [9.17, 15) is 44.4 Å². The lowest BCUT2D eigenvalue weighted by molar-refractivity contribution is -0.172. The minimum absolute atomic E-state index is 0.132. The van der Waals surface area contributed by atoms with E-state index in [0.29, 0.717) is 31.2 Å². The van der Waals surface area contributed by atoms with Crippen LogP contribution in [0.2, 0.25) is 0 Å². The number of aliphatic hydroxyl groups is 1. The first-order chi connectivity index (χ1) is 21.0. The molecule has 6 N–H and O–H groups in total. The van der Waals surface area contributed by atoms with Crippen LogP contribution in [0.15, 0.2) is 42.6 Å². The molecule has 0 saturated heterocycles. The first-order valence-electron chi connectivity index (χ1n) is 15.4. The summed E-state index contributed by atoms with van der Waals surface area (Å²) in [7, 11) is 0. The molecule has 0 radical (unpaired) electrons. The summed E-state index contributed by atoms with van der Waals surface area (Å²) in [6, 6.07) is 5.71. The van der Waals surface area contributed by atoms with Gasteiger partial charge in [0.05, 0.1) is 12.3 Å². The second-order valence-corrected chi connectivity index (χ2v) is 11.3. The fourth-order valence-electron chi connectivity index (χ4n) is 5.22. The van der Waals surface area contributed by atoms with Gasteiger partial charge in [0, 0.05) is 36.4 Å². The number of aromatic nitrogens is 1. The molecule has 0 aliphatic heterocycles. The summed E-state index contributed by atoms with van der Waals surface area (Å²) in [5, 5.41) is 42.8. The number of hydrogen-bond donors (Lipinski definition) is 6. The van der Waals surface area contributed by atoms with Gasteiger partial charge in [0.2, 0.25) is 5.91 Å². The molecule has 0 spiro atoms. The van der Waals surface area contributed by atoms with E-state index in [1.165, 1.54) is 12.5 Å². The zero-order valence-electron chi connectivity index (χ0n) is 25.4. The van der Waals surface area contributed by atoms with E-state index in [2.05, 4.69) is 17.2 Å². The van der Waals surface area contributed by atoms with Crippen molar-refractivity contribution >= 4 is 40.5 Å². The van der Waals surface area contributed by atoms with Crippen molar-refractivity contribution in [2.24, 2.45) is 5.92 Å². The van der Waals surface area contributed by atoms with Gasteiger partial charge in [-0.3, -0.25) is 14.4 Å². The Hall–Kier alpha value is -3.99. The Morgan fingerprint density at radius 3 is 2.16 bits per heavy atom. The number of hydrogen-bond acceptors (Lipinski definition) is 6. The number of rotatable bonds is 23. The van der Waals surface area contributed by atoms with Gasteiger partial charge in [0.15, 0.2) is 5.60 Å². The summed E-state index contributed by atoms with van der Waals surface area (Å²) in [5.74, 6) is -7.64. The van der Waals surface area contributed by atoms with Gasteiger partial charge in [-0.15, -0.1) is 0 Å². The molecule has 44 heavy (non-hydrogen) atoms. The molecular formula is C33H46N2O9. The van der Waals surface area contributed by atoms with Crippen LogP contribution in [0.1, 0.15) is 96.0 Å². The molecule has 1 aromatic heterocycles. The molecule has 0 aliphatic rings. The van der Waals surface area contributed by atoms with Crippen LogP contribution in [0.4, 0.5) is 0 Å². The van der Waals surface area contributed by atoms with Gasteiger partial charge in [-0.25, -0.2) is 9.59 Å². The molecule has 0 bridgehead atoms. The number of carbonyl (C=O) groups is 5. The second-order valence-electron chi connectivity index (χ2n) is 11.3. The molecule has 0 aliphatic carbocycles. The molecular weight excluding hydrogens is 568 g/mol. The van der Waals surface area contributed by atoms with Crippen LogP contribution < -0.4 is 5.32 Å². The lowest BCUT2D eigenvalue weighted by Crippen LogP contribution is -2.55. The van der Waals surface area contributed by atoms with Crippen molar-refractivity contribution < 1.29 is 44.4 Å². The smallest absolute Gasteiger partial charge is 0.337 e. The molecule has 0 fully saturated rings. The predicted molar refractivity (Wildman–Crippen MR) is 165 cm³/mol. The molecule has 242 valence electrons. The highest BCUT2D eigenvalue weighted by Gasteiger charge is 2.49. The van der Waals surface area contributed by atoms with Gasteiger partial charge in [0.25, 0.3) is 0 Å². The van der Waals surface area contributed by atoms with E-state index in [4.69, 9.17) is 0 Å². The average Bonchev–Trinajstić information content (AvgIpc) is 3.37. The highest BCUT2D eigenvalue weighted by atomic mass is 16.4. The molecule has 11 nitrogen and oxygen atoms in total. The number of H-pyrrole nitrogens is 1. The van der Waals surface area contributed by atoms with Crippen molar-refractivity contribution in [1.29, 1.82) is 0 Å². The maximum absolute atomic E-state index is 13.3. The highest BCUT2D eigenvalue weighted by Crippen LogP contribution is 2.26. The third kappa shape index (κ3) is 11.6. The summed E-state index contributed by atoms with van der Waals surface area (Å²) in [6.45, 7) is 2.15. The van der Waals surface area contributed by atoms with Gasteiger partial charge in [-0.05, 0) is 37.3 Å². The van der Waals surface area contributed by atoms with Crippen LogP contribution >= 0.6 is 0 Å². The highest BCUT2D eigenvalue weighted by molar-refractivity contribution is 5.95. The minimum atomic E-state index is -3.01. The first-order valence-corrected chi connectivity index (χ1v) is 15.4. The van der Waals surface area contributed by atoms with E-state index < -0.39 is 47.8 Å². The number of Topliss-reactive ketones (excluding diaryl/α,β-unsaturated/α-hetero) is 1. The van der Waals surface area contributed by atoms with E-state index in [-0.39, 0.29) is 12.2 Å². The zero-order valence-corrected chi connectivity index (χ0v) is 25.4. The normalized spacial score (nSPS) is 14.2. The molecule has 3 unspecified atom stereocenters. The minimum Gasteiger partial charge on any atom is -0.481 e. The molecule has 1 heterocycles.